The zero-order valence-corrected chi connectivity index (χ0v) is 11.9. The van der Waals surface area contributed by atoms with Gasteiger partial charge in [0, 0.05) is 36.1 Å². The summed E-state index contributed by atoms with van der Waals surface area (Å²) in [5, 5.41) is 17.5. The van der Waals surface area contributed by atoms with E-state index >= 15 is 0 Å². The molecule has 5 heteroatoms. The minimum atomic E-state index is -0.352. The van der Waals surface area contributed by atoms with Gasteiger partial charge in [-0.25, -0.2) is 0 Å². The number of anilines is 2. The molecular formula is C14H23N3O2. The molecule has 0 amide bonds. The van der Waals surface area contributed by atoms with E-state index < -0.39 is 0 Å². The molecule has 5 nitrogen and oxygen atoms in total. The fourth-order valence-electron chi connectivity index (χ4n) is 1.90. The molecule has 1 aromatic carbocycles. The number of benzene rings is 1. The third-order valence-corrected chi connectivity index (χ3v) is 3.06. The van der Waals surface area contributed by atoms with Crippen molar-refractivity contribution < 1.29 is 4.92 Å². The normalized spacial score (nSPS) is 10.5. The Kier molecular flexibility index (Phi) is 6.12. The molecule has 0 bridgehead atoms. The fraction of sp³-hybridized carbons (Fsp3) is 0.571. The Morgan fingerprint density at radius 3 is 2.32 bits per heavy atom. The van der Waals surface area contributed by atoms with Crippen LogP contribution in [0.15, 0.2) is 18.2 Å². The van der Waals surface area contributed by atoms with E-state index in [1.165, 1.54) is 0 Å². The number of nitrogens with one attached hydrogen (secondary N) is 2. The maximum atomic E-state index is 11.0. The van der Waals surface area contributed by atoms with Crippen molar-refractivity contribution in [2.75, 3.05) is 17.2 Å². The third-order valence-electron chi connectivity index (χ3n) is 3.06. The minimum absolute atomic E-state index is 0.120. The molecule has 0 atom stereocenters. The Morgan fingerprint density at radius 2 is 1.79 bits per heavy atom. The Morgan fingerprint density at radius 1 is 1.16 bits per heavy atom. The van der Waals surface area contributed by atoms with E-state index in [1.54, 1.807) is 12.1 Å². The molecule has 0 aromatic heterocycles. The van der Waals surface area contributed by atoms with Gasteiger partial charge in [0.25, 0.3) is 5.69 Å². The highest BCUT2D eigenvalue weighted by Crippen LogP contribution is 2.25. The molecule has 2 N–H and O–H groups in total. The molecular weight excluding hydrogens is 242 g/mol. The zero-order chi connectivity index (χ0) is 14.3. The Hall–Kier alpha value is -1.78. The van der Waals surface area contributed by atoms with Crippen molar-refractivity contribution in [1.82, 2.24) is 0 Å². The van der Waals surface area contributed by atoms with Gasteiger partial charge >= 0.3 is 0 Å². The molecule has 1 aromatic rings. The first-order valence-electron chi connectivity index (χ1n) is 6.90. The lowest BCUT2D eigenvalue weighted by Gasteiger charge is -2.17. The summed E-state index contributed by atoms with van der Waals surface area (Å²) in [7, 11) is 0. The van der Waals surface area contributed by atoms with E-state index in [4.69, 9.17) is 0 Å². The zero-order valence-electron chi connectivity index (χ0n) is 11.9. The summed E-state index contributed by atoms with van der Waals surface area (Å²) >= 11 is 0. The van der Waals surface area contributed by atoms with Crippen LogP contribution in [-0.4, -0.2) is 17.5 Å². The molecule has 0 saturated heterocycles. The molecule has 0 aliphatic heterocycles. The number of rotatable bonds is 8. The average molecular weight is 265 g/mol. The molecule has 0 radical (unpaired) electrons. The van der Waals surface area contributed by atoms with E-state index in [9.17, 15) is 10.1 Å². The second-order valence-corrected chi connectivity index (χ2v) is 4.61. The van der Waals surface area contributed by atoms with Crippen molar-refractivity contribution in [3.05, 3.63) is 28.3 Å². The van der Waals surface area contributed by atoms with Crippen LogP contribution in [0.1, 0.15) is 40.0 Å². The summed E-state index contributed by atoms with van der Waals surface area (Å²) in [6.07, 6.45) is 2.98. The average Bonchev–Trinajstić information content (AvgIpc) is 2.42. The molecule has 1 rings (SSSR count). The summed E-state index contributed by atoms with van der Waals surface area (Å²) in [5.41, 5.74) is 1.72. The summed E-state index contributed by atoms with van der Waals surface area (Å²) < 4.78 is 0. The summed E-state index contributed by atoms with van der Waals surface area (Å²) in [4.78, 5) is 10.6. The highest BCUT2D eigenvalue weighted by Gasteiger charge is 2.11. The quantitative estimate of drug-likeness (QED) is 0.550. The van der Waals surface area contributed by atoms with Crippen LogP contribution in [0, 0.1) is 10.1 Å². The van der Waals surface area contributed by atoms with Gasteiger partial charge in [0.2, 0.25) is 0 Å². The van der Waals surface area contributed by atoms with E-state index in [0.29, 0.717) is 6.04 Å². The molecule has 19 heavy (non-hydrogen) atoms. The van der Waals surface area contributed by atoms with Crippen LogP contribution < -0.4 is 10.6 Å². The maximum absolute atomic E-state index is 11.0. The van der Waals surface area contributed by atoms with Gasteiger partial charge in [0.1, 0.15) is 0 Å². The van der Waals surface area contributed by atoms with Gasteiger partial charge in [-0.05, 0) is 25.3 Å². The smallest absolute Gasteiger partial charge is 0.273 e. The van der Waals surface area contributed by atoms with Gasteiger partial charge in [-0.1, -0.05) is 20.8 Å². The predicted molar refractivity (Wildman–Crippen MR) is 79.9 cm³/mol. The second kappa shape index (κ2) is 7.61. The van der Waals surface area contributed by atoms with Crippen LogP contribution in [0.5, 0.6) is 0 Å². The minimum Gasteiger partial charge on any atom is -0.385 e. The SMILES string of the molecule is CCCNc1cc(NC(CC)CC)cc([N+](=O)[O-])c1. The summed E-state index contributed by atoms with van der Waals surface area (Å²) in [6.45, 7) is 7.09. The fourth-order valence-corrected chi connectivity index (χ4v) is 1.90. The van der Waals surface area contributed by atoms with Crippen molar-refractivity contribution in [2.45, 2.75) is 46.1 Å². The number of nitrogens with zero attached hydrogens (tertiary/aromatic N) is 1. The van der Waals surface area contributed by atoms with Crippen LogP contribution in [0.4, 0.5) is 17.1 Å². The first kappa shape index (κ1) is 15.3. The molecule has 0 spiro atoms. The number of hydrogen-bond donors (Lipinski definition) is 2. The summed E-state index contributed by atoms with van der Waals surface area (Å²) in [6, 6.07) is 5.45. The highest BCUT2D eigenvalue weighted by atomic mass is 16.6. The predicted octanol–water partition coefficient (Wildman–Crippen LogP) is 4.02. The van der Waals surface area contributed by atoms with E-state index in [-0.39, 0.29) is 10.6 Å². The second-order valence-electron chi connectivity index (χ2n) is 4.61. The van der Waals surface area contributed by atoms with E-state index in [2.05, 4.69) is 31.4 Å². The number of hydrogen-bond acceptors (Lipinski definition) is 4. The van der Waals surface area contributed by atoms with Gasteiger partial charge in [-0.2, -0.15) is 0 Å². The third kappa shape index (κ3) is 4.77. The van der Waals surface area contributed by atoms with Crippen LogP contribution in [0.2, 0.25) is 0 Å². The van der Waals surface area contributed by atoms with Gasteiger partial charge in [0.05, 0.1) is 4.92 Å². The first-order chi connectivity index (χ1) is 9.10. The monoisotopic (exact) mass is 265 g/mol. The van der Waals surface area contributed by atoms with Crippen molar-refractivity contribution in [3.8, 4) is 0 Å². The molecule has 106 valence electrons. The lowest BCUT2D eigenvalue weighted by molar-refractivity contribution is -0.384. The van der Waals surface area contributed by atoms with E-state index in [0.717, 1.165) is 37.2 Å². The standard InChI is InChI=1S/C14H23N3O2/c1-4-7-15-12-8-13(16-11(5-2)6-3)10-14(9-12)17(18)19/h8-11,15-16H,4-7H2,1-3H3. The Balaban J connectivity index is 2.95. The molecule has 0 fully saturated rings. The molecule has 0 aliphatic rings. The summed E-state index contributed by atoms with van der Waals surface area (Å²) in [5.74, 6) is 0. The van der Waals surface area contributed by atoms with Crippen LogP contribution in [-0.2, 0) is 0 Å². The van der Waals surface area contributed by atoms with Crippen molar-refractivity contribution in [3.63, 3.8) is 0 Å². The van der Waals surface area contributed by atoms with Crippen LogP contribution >= 0.6 is 0 Å². The Labute approximate surface area is 114 Å². The largest absolute Gasteiger partial charge is 0.385 e. The molecule has 0 aliphatic carbocycles. The lowest BCUT2D eigenvalue weighted by Crippen LogP contribution is -2.17. The molecule has 0 heterocycles. The van der Waals surface area contributed by atoms with Crippen molar-refractivity contribution >= 4 is 17.1 Å². The van der Waals surface area contributed by atoms with Gasteiger partial charge in [-0.15, -0.1) is 0 Å². The van der Waals surface area contributed by atoms with Crippen molar-refractivity contribution in [1.29, 1.82) is 0 Å². The van der Waals surface area contributed by atoms with Gasteiger partial charge in [-0.3, -0.25) is 10.1 Å². The van der Waals surface area contributed by atoms with Crippen molar-refractivity contribution in [2.24, 2.45) is 0 Å². The molecule has 0 unspecified atom stereocenters. The highest BCUT2D eigenvalue weighted by molar-refractivity contribution is 5.63. The lowest BCUT2D eigenvalue weighted by atomic mass is 10.1. The van der Waals surface area contributed by atoms with Crippen LogP contribution in [0.25, 0.3) is 0 Å². The van der Waals surface area contributed by atoms with Gasteiger partial charge < -0.3 is 10.6 Å². The number of nitro benzene ring substituents is 1. The van der Waals surface area contributed by atoms with Gasteiger partial charge in [0.15, 0.2) is 0 Å². The maximum Gasteiger partial charge on any atom is 0.273 e. The number of non-ortho nitro benzene ring substituents is 1. The topological polar surface area (TPSA) is 67.2 Å². The Bertz CT molecular complexity index is 417. The first-order valence-corrected chi connectivity index (χ1v) is 6.90. The molecule has 0 saturated carbocycles. The van der Waals surface area contributed by atoms with Crippen LogP contribution in [0.3, 0.4) is 0 Å². The number of nitro groups is 1. The van der Waals surface area contributed by atoms with E-state index in [1.807, 2.05) is 6.07 Å².